The molecule has 1 saturated heterocycles. The van der Waals surface area contributed by atoms with Gasteiger partial charge in [-0.25, -0.2) is 0 Å². The number of aliphatic hydroxyl groups excluding tert-OH is 1. The van der Waals surface area contributed by atoms with E-state index in [-0.39, 0.29) is 18.1 Å². The van der Waals surface area contributed by atoms with Gasteiger partial charge in [0.25, 0.3) is 0 Å². The van der Waals surface area contributed by atoms with Crippen molar-refractivity contribution >= 4 is 6.29 Å². The molecule has 2 aliphatic rings. The largest absolute Gasteiger partial charge is 0.394 e. The molecule has 4 heteroatoms. The van der Waals surface area contributed by atoms with Crippen molar-refractivity contribution in [2.75, 3.05) is 32.8 Å². The van der Waals surface area contributed by atoms with E-state index in [1.54, 1.807) is 0 Å². The highest BCUT2D eigenvalue weighted by atomic mass is 16.5. The molecule has 0 bridgehead atoms. The normalized spacial score (nSPS) is 38.6. The average Bonchev–Trinajstić information content (AvgIpc) is 2.42. The molecule has 18 heavy (non-hydrogen) atoms. The van der Waals surface area contributed by atoms with Gasteiger partial charge in [0.1, 0.15) is 6.29 Å². The van der Waals surface area contributed by atoms with Crippen molar-refractivity contribution < 1.29 is 14.6 Å². The molecule has 0 amide bonds. The predicted molar refractivity (Wildman–Crippen MR) is 69.4 cm³/mol. The third-order valence-electron chi connectivity index (χ3n) is 4.49. The van der Waals surface area contributed by atoms with Gasteiger partial charge in [-0.3, -0.25) is 4.90 Å². The number of carbonyl (C=O) groups excluding carboxylic acids is 1. The maximum Gasteiger partial charge on any atom is 0.127 e. The van der Waals surface area contributed by atoms with E-state index in [0.29, 0.717) is 6.61 Å². The minimum atomic E-state index is -0.149. The van der Waals surface area contributed by atoms with E-state index in [1.807, 2.05) is 0 Å². The van der Waals surface area contributed by atoms with Crippen LogP contribution in [0.4, 0.5) is 0 Å². The van der Waals surface area contributed by atoms with Crippen LogP contribution in [0.3, 0.4) is 0 Å². The van der Waals surface area contributed by atoms with Gasteiger partial charge in [-0.1, -0.05) is 6.92 Å². The minimum Gasteiger partial charge on any atom is -0.394 e. The van der Waals surface area contributed by atoms with Gasteiger partial charge in [0.15, 0.2) is 0 Å². The van der Waals surface area contributed by atoms with Gasteiger partial charge >= 0.3 is 0 Å². The molecule has 4 nitrogen and oxygen atoms in total. The Balaban J connectivity index is 1.91. The fourth-order valence-electron chi connectivity index (χ4n) is 3.13. The minimum absolute atomic E-state index is 0.0711. The van der Waals surface area contributed by atoms with Crippen LogP contribution in [0.2, 0.25) is 0 Å². The van der Waals surface area contributed by atoms with Crippen molar-refractivity contribution in [2.24, 2.45) is 11.3 Å². The third-order valence-corrected chi connectivity index (χ3v) is 4.49. The lowest BCUT2D eigenvalue weighted by molar-refractivity contribution is -0.122. The molecular weight excluding hydrogens is 230 g/mol. The Morgan fingerprint density at radius 1 is 1.44 bits per heavy atom. The van der Waals surface area contributed by atoms with Gasteiger partial charge in [-0.2, -0.15) is 0 Å². The highest BCUT2D eigenvalue weighted by Crippen LogP contribution is 2.38. The van der Waals surface area contributed by atoms with Gasteiger partial charge in [-0.05, 0) is 31.6 Å². The van der Waals surface area contributed by atoms with Gasteiger partial charge in [-0.15, -0.1) is 0 Å². The topological polar surface area (TPSA) is 49.8 Å². The fourth-order valence-corrected chi connectivity index (χ4v) is 3.13. The smallest absolute Gasteiger partial charge is 0.127 e. The second-order valence-electron chi connectivity index (χ2n) is 6.07. The van der Waals surface area contributed by atoms with E-state index in [9.17, 15) is 4.79 Å². The van der Waals surface area contributed by atoms with Crippen LogP contribution in [0, 0.1) is 11.3 Å². The van der Waals surface area contributed by atoms with E-state index in [4.69, 9.17) is 9.84 Å². The number of nitrogens with zero attached hydrogens (tertiary/aromatic N) is 1. The van der Waals surface area contributed by atoms with E-state index in [2.05, 4.69) is 11.8 Å². The molecule has 1 aliphatic carbocycles. The molecule has 104 valence electrons. The summed E-state index contributed by atoms with van der Waals surface area (Å²) in [6, 6.07) is 0. The number of ether oxygens (including phenoxy) is 1. The first kappa shape index (κ1) is 14.0. The number of carbonyl (C=O) groups is 1. The van der Waals surface area contributed by atoms with Crippen LogP contribution in [-0.2, 0) is 9.53 Å². The van der Waals surface area contributed by atoms with Crippen molar-refractivity contribution in [3.8, 4) is 0 Å². The Bertz CT molecular complexity index is 274. The monoisotopic (exact) mass is 255 g/mol. The summed E-state index contributed by atoms with van der Waals surface area (Å²) in [5, 5.41) is 9.15. The molecule has 0 aromatic carbocycles. The summed E-state index contributed by atoms with van der Waals surface area (Å²) in [5.41, 5.74) is -0.149. The lowest BCUT2D eigenvalue weighted by atomic mass is 9.71. The van der Waals surface area contributed by atoms with Gasteiger partial charge < -0.3 is 14.6 Å². The summed E-state index contributed by atoms with van der Waals surface area (Å²) >= 11 is 0. The van der Waals surface area contributed by atoms with Crippen molar-refractivity contribution in [3.05, 3.63) is 0 Å². The summed E-state index contributed by atoms with van der Waals surface area (Å²) in [7, 11) is 0. The van der Waals surface area contributed by atoms with E-state index >= 15 is 0 Å². The van der Waals surface area contributed by atoms with Gasteiger partial charge in [0.2, 0.25) is 0 Å². The average molecular weight is 255 g/mol. The lowest BCUT2D eigenvalue weighted by Gasteiger charge is -2.41. The first-order valence-electron chi connectivity index (χ1n) is 7.08. The second kappa shape index (κ2) is 6.13. The quantitative estimate of drug-likeness (QED) is 0.764. The summed E-state index contributed by atoms with van der Waals surface area (Å²) in [6.45, 7) is 5.47. The standard InChI is InChI=1S/C14H25NO3/c1-12-2-4-14(11-17,5-3-12)10-15-6-7-18-13(8-15)9-16/h11-13,16H,2-10H2,1H3. The number of hydrogen-bond acceptors (Lipinski definition) is 4. The predicted octanol–water partition coefficient (Wildman–Crippen LogP) is 1.07. The van der Waals surface area contributed by atoms with Gasteiger partial charge in [0.05, 0.1) is 19.3 Å². The van der Waals surface area contributed by atoms with Crippen LogP contribution < -0.4 is 0 Å². The Morgan fingerprint density at radius 2 is 2.17 bits per heavy atom. The molecule has 1 atom stereocenters. The highest BCUT2D eigenvalue weighted by molar-refractivity contribution is 5.60. The Morgan fingerprint density at radius 3 is 2.78 bits per heavy atom. The number of hydrogen-bond donors (Lipinski definition) is 1. The molecule has 1 saturated carbocycles. The summed E-state index contributed by atoms with van der Waals surface area (Å²) in [4.78, 5) is 13.8. The molecular formula is C14H25NO3. The van der Waals surface area contributed by atoms with Crippen LogP contribution in [0.5, 0.6) is 0 Å². The highest BCUT2D eigenvalue weighted by Gasteiger charge is 2.36. The first-order chi connectivity index (χ1) is 8.67. The van der Waals surface area contributed by atoms with Crippen molar-refractivity contribution in [1.29, 1.82) is 0 Å². The molecule has 1 unspecified atom stereocenters. The van der Waals surface area contributed by atoms with Crippen molar-refractivity contribution in [1.82, 2.24) is 4.90 Å². The lowest BCUT2D eigenvalue weighted by Crippen LogP contribution is -2.49. The van der Waals surface area contributed by atoms with E-state index in [0.717, 1.165) is 51.2 Å². The van der Waals surface area contributed by atoms with Crippen LogP contribution in [0.25, 0.3) is 0 Å². The fraction of sp³-hybridized carbons (Fsp3) is 0.929. The molecule has 1 heterocycles. The van der Waals surface area contributed by atoms with Gasteiger partial charge in [0, 0.05) is 25.0 Å². The third kappa shape index (κ3) is 3.31. The number of morpholine rings is 1. The maximum absolute atomic E-state index is 11.5. The Kier molecular flexibility index (Phi) is 4.76. The molecule has 0 radical (unpaired) electrons. The van der Waals surface area contributed by atoms with Crippen LogP contribution >= 0.6 is 0 Å². The molecule has 0 aromatic rings. The Labute approximate surface area is 109 Å². The molecule has 0 aromatic heterocycles. The maximum atomic E-state index is 11.5. The van der Waals surface area contributed by atoms with E-state index < -0.39 is 0 Å². The Hall–Kier alpha value is -0.450. The summed E-state index contributed by atoms with van der Waals surface area (Å²) < 4.78 is 5.45. The SMILES string of the molecule is CC1CCC(C=O)(CN2CCOC(CO)C2)CC1. The molecule has 1 N–H and O–H groups in total. The van der Waals surface area contributed by atoms with E-state index in [1.165, 1.54) is 6.29 Å². The zero-order valence-electron chi connectivity index (χ0n) is 11.3. The zero-order valence-corrected chi connectivity index (χ0v) is 11.3. The van der Waals surface area contributed by atoms with Crippen LogP contribution in [-0.4, -0.2) is 55.2 Å². The molecule has 2 fully saturated rings. The van der Waals surface area contributed by atoms with Crippen LogP contribution in [0.15, 0.2) is 0 Å². The zero-order chi connectivity index (χ0) is 13.0. The molecule has 2 rings (SSSR count). The molecule has 0 spiro atoms. The number of rotatable bonds is 4. The number of aldehydes is 1. The molecule has 1 aliphatic heterocycles. The van der Waals surface area contributed by atoms with Crippen molar-refractivity contribution in [2.45, 2.75) is 38.7 Å². The summed E-state index contributed by atoms with van der Waals surface area (Å²) in [5.74, 6) is 0.757. The summed E-state index contributed by atoms with van der Waals surface area (Å²) in [6.07, 6.45) is 5.45. The number of aliphatic hydroxyl groups is 1. The van der Waals surface area contributed by atoms with Crippen molar-refractivity contribution in [3.63, 3.8) is 0 Å². The van der Waals surface area contributed by atoms with Crippen LogP contribution in [0.1, 0.15) is 32.6 Å². The first-order valence-corrected chi connectivity index (χ1v) is 7.08. The second-order valence-corrected chi connectivity index (χ2v) is 6.07.